The summed E-state index contributed by atoms with van der Waals surface area (Å²) in [6.07, 6.45) is 2.28. The van der Waals surface area contributed by atoms with Crippen LogP contribution in [0, 0.1) is 23.5 Å². The molecule has 2 saturated heterocycles. The van der Waals surface area contributed by atoms with E-state index >= 15 is 0 Å². The molecule has 5 rings (SSSR count). The van der Waals surface area contributed by atoms with Crippen molar-refractivity contribution in [1.82, 2.24) is 15.5 Å². The van der Waals surface area contributed by atoms with Gasteiger partial charge in [0, 0.05) is 24.1 Å². The van der Waals surface area contributed by atoms with E-state index < -0.39 is 29.5 Å². The number of nitrogens with zero attached hydrogens (tertiary/aromatic N) is 1. The van der Waals surface area contributed by atoms with Gasteiger partial charge in [-0.2, -0.15) is 0 Å². The summed E-state index contributed by atoms with van der Waals surface area (Å²) in [6, 6.07) is 0.173. The molecule has 1 aromatic carbocycles. The Hall–Kier alpha value is -2.35. The average Bonchev–Trinajstić information content (AvgIpc) is 3.09. The van der Waals surface area contributed by atoms with Crippen LogP contribution in [0.25, 0.3) is 0 Å². The van der Waals surface area contributed by atoms with Crippen LogP contribution < -0.4 is 10.6 Å². The van der Waals surface area contributed by atoms with Crippen LogP contribution in [0.15, 0.2) is 6.07 Å². The number of carbonyl (C=O) groups is 3. The van der Waals surface area contributed by atoms with Crippen LogP contribution >= 0.6 is 0 Å². The molecule has 0 spiro atoms. The normalized spacial score (nSPS) is 31.9. The summed E-state index contributed by atoms with van der Waals surface area (Å²) in [7, 11) is 0. The highest BCUT2D eigenvalue weighted by atomic mass is 19.2. The molecule has 3 heterocycles. The highest BCUT2D eigenvalue weighted by molar-refractivity contribution is 6.05. The fraction of sp³-hybridized carbons (Fsp3) is 0.550. The third-order valence-corrected chi connectivity index (χ3v) is 6.84. The van der Waals surface area contributed by atoms with Crippen LogP contribution in [0.5, 0.6) is 0 Å². The van der Waals surface area contributed by atoms with Crippen molar-refractivity contribution in [2.24, 2.45) is 11.8 Å². The van der Waals surface area contributed by atoms with Gasteiger partial charge in [-0.1, -0.05) is 0 Å². The van der Waals surface area contributed by atoms with Crippen molar-refractivity contribution in [2.75, 3.05) is 13.1 Å². The molecule has 3 amide bonds. The van der Waals surface area contributed by atoms with E-state index in [1.54, 1.807) is 0 Å². The second kappa shape index (κ2) is 6.34. The van der Waals surface area contributed by atoms with Crippen molar-refractivity contribution in [3.63, 3.8) is 0 Å². The van der Waals surface area contributed by atoms with Crippen molar-refractivity contribution in [2.45, 2.75) is 44.2 Å². The van der Waals surface area contributed by atoms with Crippen LogP contribution in [0.2, 0.25) is 0 Å². The number of halogens is 2. The lowest BCUT2D eigenvalue weighted by Crippen LogP contribution is -2.52. The highest BCUT2D eigenvalue weighted by Crippen LogP contribution is 2.49. The molecule has 0 aromatic heterocycles. The summed E-state index contributed by atoms with van der Waals surface area (Å²) >= 11 is 0. The Labute approximate surface area is 160 Å². The quantitative estimate of drug-likeness (QED) is 0.751. The molecule has 3 aliphatic heterocycles. The highest BCUT2D eigenvalue weighted by Gasteiger charge is 2.46. The van der Waals surface area contributed by atoms with Gasteiger partial charge < -0.3 is 10.2 Å². The third-order valence-electron chi connectivity index (χ3n) is 6.84. The number of amides is 3. The zero-order valence-corrected chi connectivity index (χ0v) is 15.3. The van der Waals surface area contributed by atoms with E-state index in [-0.39, 0.29) is 48.6 Å². The van der Waals surface area contributed by atoms with E-state index in [9.17, 15) is 23.2 Å². The number of benzene rings is 1. The summed E-state index contributed by atoms with van der Waals surface area (Å²) in [4.78, 5) is 38.0. The van der Waals surface area contributed by atoms with E-state index in [2.05, 4.69) is 10.6 Å². The predicted octanol–water partition coefficient (Wildman–Crippen LogP) is 1.44. The van der Waals surface area contributed by atoms with Crippen LogP contribution in [-0.2, 0) is 16.1 Å². The van der Waals surface area contributed by atoms with E-state index in [0.29, 0.717) is 11.1 Å². The summed E-state index contributed by atoms with van der Waals surface area (Å²) in [5.41, 5.74) is 0.987. The topological polar surface area (TPSA) is 78.5 Å². The first-order valence-corrected chi connectivity index (χ1v) is 9.82. The van der Waals surface area contributed by atoms with Gasteiger partial charge in [-0.15, -0.1) is 0 Å². The minimum atomic E-state index is -1.01. The molecule has 8 heteroatoms. The lowest BCUT2D eigenvalue weighted by atomic mass is 9.78. The van der Waals surface area contributed by atoms with E-state index in [4.69, 9.17) is 0 Å². The average molecular weight is 389 g/mol. The van der Waals surface area contributed by atoms with Crippen molar-refractivity contribution in [3.05, 3.63) is 34.4 Å². The molecule has 28 heavy (non-hydrogen) atoms. The number of fused-ring (bicyclic) bond motifs is 3. The minimum Gasteiger partial charge on any atom is -0.322 e. The zero-order valence-electron chi connectivity index (χ0n) is 15.3. The first-order chi connectivity index (χ1) is 13.5. The second-order valence-corrected chi connectivity index (χ2v) is 8.29. The molecule has 2 N–H and O–H groups in total. The van der Waals surface area contributed by atoms with Gasteiger partial charge in [0.25, 0.3) is 5.91 Å². The van der Waals surface area contributed by atoms with E-state index in [0.717, 1.165) is 32.0 Å². The number of piperidine rings is 2. The molecule has 148 valence electrons. The molecule has 4 atom stereocenters. The standard InChI is InChI=1S/C20H21F2N3O3/c21-13-5-11-12(8-25(20(11)28)14-3-4-15(26)24-19(14)27)17(18(13)22)16-9-1-2-10(16)7-23-6-9/h5,9-10,14,16,23H,1-4,6-8H2,(H,24,26,27)/t9-,10+,14?,16?. The first-order valence-electron chi connectivity index (χ1n) is 9.82. The molecular weight excluding hydrogens is 368 g/mol. The van der Waals surface area contributed by atoms with Crippen molar-refractivity contribution >= 4 is 17.7 Å². The summed E-state index contributed by atoms with van der Waals surface area (Å²) in [5, 5.41) is 5.60. The smallest absolute Gasteiger partial charge is 0.255 e. The summed E-state index contributed by atoms with van der Waals surface area (Å²) in [5.74, 6) is -2.90. The zero-order chi connectivity index (χ0) is 19.6. The fourth-order valence-corrected chi connectivity index (χ4v) is 5.58. The first kappa shape index (κ1) is 17.7. The van der Waals surface area contributed by atoms with Crippen LogP contribution in [0.4, 0.5) is 8.78 Å². The minimum absolute atomic E-state index is 0.0797. The van der Waals surface area contributed by atoms with Crippen LogP contribution in [0.3, 0.4) is 0 Å². The molecule has 3 fully saturated rings. The maximum atomic E-state index is 15.0. The predicted molar refractivity (Wildman–Crippen MR) is 94.2 cm³/mol. The SMILES string of the molecule is O=C1CCC(N2Cc3c(cc(F)c(F)c3C3[C@@H]4CC[C@H]3CNC4)C2=O)C(=O)N1. The van der Waals surface area contributed by atoms with Gasteiger partial charge in [0.2, 0.25) is 11.8 Å². The van der Waals surface area contributed by atoms with Gasteiger partial charge in [0.15, 0.2) is 11.6 Å². The third kappa shape index (κ3) is 2.50. The van der Waals surface area contributed by atoms with Gasteiger partial charge >= 0.3 is 0 Å². The Balaban J connectivity index is 1.55. The summed E-state index contributed by atoms with van der Waals surface area (Å²) in [6.45, 7) is 1.60. The molecule has 1 aliphatic carbocycles. The number of nitrogens with one attached hydrogen (secondary N) is 2. The molecule has 4 aliphatic rings. The largest absolute Gasteiger partial charge is 0.322 e. The molecule has 1 saturated carbocycles. The molecule has 1 aromatic rings. The lowest BCUT2D eigenvalue weighted by Gasteiger charge is -2.33. The number of imide groups is 1. The van der Waals surface area contributed by atoms with Gasteiger partial charge in [-0.05, 0) is 61.7 Å². The molecule has 2 unspecified atom stereocenters. The maximum absolute atomic E-state index is 15.0. The van der Waals surface area contributed by atoms with Crippen molar-refractivity contribution in [3.8, 4) is 0 Å². The number of hydrogen-bond acceptors (Lipinski definition) is 4. The Morgan fingerprint density at radius 1 is 1.04 bits per heavy atom. The Kier molecular flexibility index (Phi) is 4.01. The fourth-order valence-electron chi connectivity index (χ4n) is 5.58. The molecular formula is C20H21F2N3O3. The number of hydrogen-bond donors (Lipinski definition) is 2. The summed E-state index contributed by atoms with van der Waals surface area (Å²) < 4.78 is 29.4. The van der Waals surface area contributed by atoms with Crippen LogP contribution in [0.1, 0.15) is 53.1 Å². The monoisotopic (exact) mass is 389 g/mol. The van der Waals surface area contributed by atoms with E-state index in [1.165, 1.54) is 4.90 Å². The maximum Gasteiger partial charge on any atom is 0.255 e. The van der Waals surface area contributed by atoms with Crippen LogP contribution in [-0.4, -0.2) is 41.8 Å². The number of carbonyl (C=O) groups excluding carboxylic acids is 3. The Bertz CT molecular complexity index is 887. The molecule has 2 bridgehead atoms. The number of rotatable bonds is 2. The second-order valence-electron chi connectivity index (χ2n) is 8.29. The molecule has 6 nitrogen and oxygen atoms in total. The lowest BCUT2D eigenvalue weighted by molar-refractivity contribution is -0.136. The van der Waals surface area contributed by atoms with E-state index in [1.807, 2.05) is 0 Å². The van der Waals surface area contributed by atoms with Gasteiger partial charge in [-0.25, -0.2) is 8.78 Å². The van der Waals surface area contributed by atoms with Crippen molar-refractivity contribution < 1.29 is 23.2 Å². The Morgan fingerprint density at radius 2 is 1.75 bits per heavy atom. The van der Waals surface area contributed by atoms with Gasteiger partial charge in [-0.3, -0.25) is 19.7 Å². The molecule has 0 radical (unpaired) electrons. The van der Waals surface area contributed by atoms with Crippen molar-refractivity contribution in [1.29, 1.82) is 0 Å². The van der Waals surface area contributed by atoms with Gasteiger partial charge in [0.1, 0.15) is 6.04 Å². The van der Waals surface area contributed by atoms with Gasteiger partial charge in [0.05, 0.1) is 0 Å². The Morgan fingerprint density at radius 3 is 2.43 bits per heavy atom.